The Morgan fingerprint density at radius 1 is 1.36 bits per heavy atom. The number of aryl methyl sites for hydroxylation is 1. The minimum Gasteiger partial charge on any atom is -0.333 e. The highest BCUT2D eigenvalue weighted by molar-refractivity contribution is 7.16. The molecular formula is C18H18ClNOS. The molecule has 0 saturated carbocycles. The van der Waals surface area contributed by atoms with Gasteiger partial charge in [-0.05, 0) is 42.7 Å². The first kappa shape index (κ1) is 15.3. The monoisotopic (exact) mass is 331 g/mol. The number of carbonyl (C=O) groups excluding carboxylic acids is 1. The van der Waals surface area contributed by atoms with Crippen LogP contribution in [0.5, 0.6) is 0 Å². The lowest BCUT2D eigenvalue weighted by molar-refractivity contribution is -0.127. The van der Waals surface area contributed by atoms with Crippen molar-refractivity contribution in [1.29, 1.82) is 0 Å². The topological polar surface area (TPSA) is 20.3 Å². The van der Waals surface area contributed by atoms with Gasteiger partial charge in [-0.25, -0.2) is 0 Å². The third kappa shape index (κ3) is 2.83. The zero-order valence-corrected chi connectivity index (χ0v) is 14.2. The molecule has 0 spiro atoms. The van der Waals surface area contributed by atoms with Gasteiger partial charge in [0.25, 0.3) is 0 Å². The van der Waals surface area contributed by atoms with Crippen LogP contribution in [0.15, 0.2) is 42.5 Å². The smallest absolute Gasteiger partial charge is 0.246 e. The minimum absolute atomic E-state index is 0.0660. The van der Waals surface area contributed by atoms with Gasteiger partial charge < -0.3 is 4.90 Å². The molecule has 0 fully saturated rings. The van der Waals surface area contributed by atoms with Crippen LogP contribution in [-0.4, -0.2) is 17.4 Å². The molecule has 114 valence electrons. The fourth-order valence-electron chi connectivity index (χ4n) is 3.04. The Hall–Kier alpha value is -1.58. The number of thiophene rings is 1. The van der Waals surface area contributed by atoms with Gasteiger partial charge in [0.1, 0.15) is 0 Å². The van der Waals surface area contributed by atoms with E-state index < -0.39 is 0 Å². The maximum Gasteiger partial charge on any atom is 0.246 e. The van der Waals surface area contributed by atoms with Crippen molar-refractivity contribution in [2.75, 3.05) is 6.54 Å². The van der Waals surface area contributed by atoms with Crippen molar-refractivity contribution in [1.82, 2.24) is 4.90 Å². The standard InChI is InChI=1S/C18H18ClNOS/c1-3-6-18(21)20-10-15(13-8-5-4-7-12(13)2)14-9-17(19)22-16(14)11-20/h3-9,15H,10-11H2,1-2H3/b6-3+/t15-/m1/s1. The number of rotatable bonds is 2. The van der Waals surface area contributed by atoms with E-state index in [1.165, 1.54) is 21.6 Å². The van der Waals surface area contributed by atoms with E-state index in [1.54, 1.807) is 23.5 Å². The summed E-state index contributed by atoms with van der Waals surface area (Å²) in [5.74, 6) is 0.263. The van der Waals surface area contributed by atoms with E-state index in [0.29, 0.717) is 13.1 Å². The quantitative estimate of drug-likeness (QED) is 0.726. The van der Waals surface area contributed by atoms with E-state index in [1.807, 2.05) is 17.9 Å². The molecule has 2 nitrogen and oxygen atoms in total. The molecule has 2 heterocycles. The highest BCUT2D eigenvalue weighted by Gasteiger charge is 2.30. The van der Waals surface area contributed by atoms with Crippen LogP contribution >= 0.6 is 22.9 Å². The summed E-state index contributed by atoms with van der Waals surface area (Å²) in [6.45, 7) is 5.34. The lowest BCUT2D eigenvalue weighted by Gasteiger charge is -2.33. The number of carbonyl (C=O) groups is 1. The summed E-state index contributed by atoms with van der Waals surface area (Å²) in [5.41, 5.74) is 3.80. The molecule has 2 aromatic rings. The summed E-state index contributed by atoms with van der Waals surface area (Å²) < 4.78 is 0.795. The van der Waals surface area contributed by atoms with Crippen LogP contribution in [0.2, 0.25) is 4.34 Å². The number of amides is 1. The molecule has 1 aliphatic heterocycles. The lowest BCUT2D eigenvalue weighted by Crippen LogP contribution is -2.37. The van der Waals surface area contributed by atoms with Crippen LogP contribution in [0.3, 0.4) is 0 Å². The van der Waals surface area contributed by atoms with Crippen LogP contribution in [0.25, 0.3) is 0 Å². The zero-order chi connectivity index (χ0) is 15.7. The van der Waals surface area contributed by atoms with Crippen LogP contribution in [0.4, 0.5) is 0 Å². The Balaban J connectivity index is 2.04. The number of nitrogens with zero attached hydrogens (tertiary/aromatic N) is 1. The van der Waals surface area contributed by atoms with Crippen molar-refractivity contribution in [3.63, 3.8) is 0 Å². The number of halogens is 1. The van der Waals surface area contributed by atoms with Gasteiger partial charge in [0.2, 0.25) is 5.91 Å². The van der Waals surface area contributed by atoms with E-state index in [0.717, 1.165) is 4.34 Å². The van der Waals surface area contributed by atoms with E-state index in [4.69, 9.17) is 11.6 Å². The fourth-order valence-corrected chi connectivity index (χ4v) is 4.40. The summed E-state index contributed by atoms with van der Waals surface area (Å²) in [6, 6.07) is 10.4. The van der Waals surface area contributed by atoms with Gasteiger partial charge in [-0.2, -0.15) is 0 Å². The largest absolute Gasteiger partial charge is 0.333 e. The normalized spacial score (nSPS) is 17.8. The predicted octanol–water partition coefficient (Wildman–Crippen LogP) is 4.76. The van der Waals surface area contributed by atoms with Gasteiger partial charge in [0.05, 0.1) is 10.9 Å². The first-order valence-electron chi connectivity index (χ1n) is 7.35. The van der Waals surface area contributed by atoms with Gasteiger partial charge in [-0.15, -0.1) is 11.3 Å². The third-order valence-electron chi connectivity index (χ3n) is 4.11. The second-order valence-corrected chi connectivity index (χ2v) is 7.33. The van der Waals surface area contributed by atoms with Crippen LogP contribution in [0.1, 0.15) is 34.4 Å². The van der Waals surface area contributed by atoms with Gasteiger partial charge in [0, 0.05) is 17.3 Å². The molecule has 0 unspecified atom stereocenters. The second-order valence-electron chi connectivity index (χ2n) is 5.56. The lowest BCUT2D eigenvalue weighted by atomic mass is 9.86. The summed E-state index contributed by atoms with van der Waals surface area (Å²) in [4.78, 5) is 15.4. The first-order chi connectivity index (χ1) is 10.6. The van der Waals surface area contributed by atoms with E-state index in [9.17, 15) is 4.79 Å². The van der Waals surface area contributed by atoms with Crippen LogP contribution in [0, 0.1) is 6.92 Å². The van der Waals surface area contributed by atoms with Crippen molar-refractivity contribution >= 4 is 28.8 Å². The number of hydrogen-bond donors (Lipinski definition) is 0. The molecule has 1 aromatic heterocycles. The molecule has 0 N–H and O–H groups in total. The van der Waals surface area contributed by atoms with Crippen molar-refractivity contribution < 1.29 is 4.79 Å². The highest BCUT2D eigenvalue weighted by atomic mass is 35.5. The predicted molar refractivity (Wildman–Crippen MR) is 92.6 cm³/mol. The average molecular weight is 332 g/mol. The summed E-state index contributed by atoms with van der Waals surface area (Å²) in [5, 5.41) is 0. The molecule has 0 saturated heterocycles. The SMILES string of the molecule is C/C=C/C(=O)N1Cc2sc(Cl)cc2[C@@H](c2ccccc2C)C1. The molecule has 1 aromatic carbocycles. The molecular weight excluding hydrogens is 314 g/mol. The van der Waals surface area contributed by atoms with Crippen molar-refractivity contribution in [2.24, 2.45) is 0 Å². The Bertz CT molecular complexity index is 734. The minimum atomic E-state index is 0.0660. The van der Waals surface area contributed by atoms with Gasteiger partial charge in [0.15, 0.2) is 0 Å². The van der Waals surface area contributed by atoms with Gasteiger partial charge in [-0.3, -0.25) is 4.79 Å². The summed E-state index contributed by atoms with van der Waals surface area (Å²) in [7, 11) is 0. The molecule has 1 amide bonds. The van der Waals surface area contributed by atoms with E-state index in [-0.39, 0.29) is 11.8 Å². The molecule has 1 atom stereocenters. The molecule has 0 radical (unpaired) electrons. The molecule has 22 heavy (non-hydrogen) atoms. The average Bonchev–Trinajstić information content (AvgIpc) is 2.87. The maximum atomic E-state index is 12.3. The fraction of sp³-hybridized carbons (Fsp3) is 0.278. The molecule has 0 aliphatic carbocycles. The molecule has 1 aliphatic rings. The molecule has 4 heteroatoms. The molecule has 3 rings (SSSR count). The second kappa shape index (κ2) is 6.27. The first-order valence-corrected chi connectivity index (χ1v) is 8.55. The Labute approximate surface area is 140 Å². The van der Waals surface area contributed by atoms with Crippen LogP contribution in [-0.2, 0) is 11.3 Å². The Kier molecular flexibility index (Phi) is 4.37. The Morgan fingerprint density at radius 2 is 2.14 bits per heavy atom. The van der Waals surface area contributed by atoms with E-state index in [2.05, 4.69) is 31.2 Å². The van der Waals surface area contributed by atoms with E-state index >= 15 is 0 Å². The maximum absolute atomic E-state index is 12.3. The van der Waals surface area contributed by atoms with Crippen molar-refractivity contribution in [2.45, 2.75) is 26.3 Å². The van der Waals surface area contributed by atoms with Crippen molar-refractivity contribution in [3.05, 3.63) is 68.4 Å². The molecule has 0 bridgehead atoms. The zero-order valence-electron chi connectivity index (χ0n) is 12.7. The number of benzene rings is 1. The summed E-state index contributed by atoms with van der Waals surface area (Å²) >= 11 is 7.81. The highest BCUT2D eigenvalue weighted by Crippen LogP contribution is 2.40. The summed E-state index contributed by atoms with van der Waals surface area (Å²) in [6.07, 6.45) is 3.43. The van der Waals surface area contributed by atoms with Gasteiger partial charge in [-0.1, -0.05) is 41.9 Å². The van der Waals surface area contributed by atoms with Crippen LogP contribution < -0.4 is 0 Å². The number of allylic oxidation sites excluding steroid dienone is 1. The Morgan fingerprint density at radius 3 is 2.86 bits per heavy atom. The number of hydrogen-bond acceptors (Lipinski definition) is 2. The third-order valence-corrected chi connectivity index (χ3v) is 5.37. The van der Waals surface area contributed by atoms with Gasteiger partial charge >= 0.3 is 0 Å². The van der Waals surface area contributed by atoms with Crippen molar-refractivity contribution in [3.8, 4) is 0 Å². The number of fused-ring (bicyclic) bond motifs is 1.